The molecule has 6 nitrogen and oxygen atoms in total. The highest BCUT2D eigenvalue weighted by Gasteiger charge is 2.13. The largest absolute Gasteiger partial charge is 0.469 e. The van der Waals surface area contributed by atoms with Gasteiger partial charge in [0.25, 0.3) is 0 Å². The quantitative estimate of drug-likeness (QED) is 0.763. The maximum atomic E-state index is 11.7. The van der Waals surface area contributed by atoms with Crippen LogP contribution in [0, 0.1) is 0 Å². The van der Waals surface area contributed by atoms with Crippen LogP contribution < -0.4 is 4.72 Å². The van der Waals surface area contributed by atoms with E-state index in [2.05, 4.69) is 9.46 Å². The molecule has 0 aliphatic carbocycles. The third-order valence-electron chi connectivity index (χ3n) is 2.47. The van der Waals surface area contributed by atoms with Gasteiger partial charge >= 0.3 is 5.97 Å². The van der Waals surface area contributed by atoms with Gasteiger partial charge in [-0.15, -0.1) is 0 Å². The van der Waals surface area contributed by atoms with E-state index in [1.165, 1.54) is 7.11 Å². The van der Waals surface area contributed by atoms with E-state index in [4.69, 9.17) is 0 Å². The van der Waals surface area contributed by atoms with Crippen molar-refractivity contribution in [3.8, 4) is 0 Å². The number of hydrogen-bond donors (Lipinski definition) is 2. The Balaban J connectivity index is 2.65. The first-order chi connectivity index (χ1) is 8.84. The normalized spacial score (nSPS) is 12.8. The van der Waals surface area contributed by atoms with Gasteiger partial charge in [-0.3, -0.25) is 9.52 Å². The Hall–Kier alpha value is -1.60. The Morgan fingerprint density at radius 1 is 1.37 bits per heavy atom. The van der Waals surface area contributed by atoms with E-state index in [0.29, 0.717) is 11.3 Å². The van der Waals surface area contributed by atoms with Gasteiger partial charge in [0.15, 0.2) is 0 Å². The van der Waals surface area contributed by atoms with Crippen molar-refractivity contribution in [2.24, 2.45) is 0 Å². The van der Waals surface area contributed by atoms with Gasteiger partial charge in [0, 0.05) is 5.69 Å². The molecule has 0 saturated heterocycles. The summed E-state index contributed by atoms with van der Waals surface area (Å²) < 4.78 is 30.1. The third-order valence-corrected chi connectivity index (χ3v) is 3.76. The van der Waals surface area contributed by atoms with Crippen molar-refractivity contribution >= 4 is 21.7 Å². The van der Waals surface area contributed by atoms with Gasteiger partial charge < -0.3 is 9.84 Å². The second-order valence-corrected chi connectivity index (χ2v) is 5.89. The van der Waals surface area contributed by atoms with Crippen molar-refractivity contribution in [3.05, 3.63) is 29.8 Å². The van der Waals surface area contributed by atoms with Gasteiger partial charge in [0.1, 0.15) is 0 Å². The Labute approximate surface area is 112 Å². The van der Waals surface area contributed by atoms with Crippen LogP contribution in [0.3, 0.4) is 0 Å². The second kappa shape index (κ2) is 6.53. The fraction of sp³-hybridized carbons (Fsp3) is 0.417. The average Bonchev–Trinajstić information content (AvgIpc) is 2.36. The molecule has 1 rings (SSSR count). The molecule has 1 aromatic rings. The number of rotatable bonds is 6. The summed E-state index contributed by atoms with van der Waals surface area (Å²) in [4.78, 5) is 10.9. The number of esters is 1. The van der Waals surface area contributed by atoms with Gasteiger partial charge in [-0.25, -0.2) is 8.42 Å². The van der Waals surface area contributed by atoms with Gasteiger partial charge in [0.05, 0.1) is 25.4 Å². The number of benzene rings is 1. The van der Waals surface area contributed by atoms with Gasteiger partial charge in [-0.2, -0.15) is 0 Å². The highest BCUT2D eigenvalue weighted by atomic mass is 32.2. The molecular formula is C12H17NO5S. The lowest BCUT2D eigenvalue weighted by molar-refractivity contribution is -0.140. The number of methoxy groups -OCH3 is 1. The average molecular weight is 287 g/mol. The number of sulfonamides is 1. The van der Waals surface area contributed by atoms with Crippen LogP contribution >= 0.6 is 0 Å². The summed E-state index contributed by atoms with van der Waals surface area (Å²) in [6, 6.07) is 6.36. The van der Waals surface area contributed by atoms with E-state index in [0.717, 1.165) is 0 Å². The molecule has 19 heavy (non-hydrogen) atoms. The first kappa shape index (κ1) is 15.5. The van der Waals surface area contributed by atoms with Crippen LogP contribution in [0.25, 0.3) is 0 Å². The molecule has 0 fully saturated rings. The van der Waals surface area contributed by atoms with Crippen molar-refractivity contribution in [3.63, 3.8) is 0 Å². The number of anilines is 1. The molecule has 1 atom stereocenters. The summed E-state index contributed by atoms with van der Waals surface area (Å²) in [6.07, 6.45) is -0.803. The molecule has 0 amide bonds. The SMILES string of the molecule is COC(=O)CCS(=O)(=O)Nc1ccc(C(C)O)cc1. The molecule has 1 aromatic carbocycles. The summed E-state index contributed by atoms with van der Waals surface area (Å²) >= 11 is 0. The molecule has 0 bridgehead atoms. The molecule has 0 heterocycles. The lowest BCUT2D eigenvalue weighted by Crippen LogP contribution is -2.19. The van der Waals surface area contributed by atoms with Gasteiger partial charge in [-0.1, -0.05) is 12.1 Å². The number of carbonyl (C=O) groups is 1. The van der Waals surface area contributed by atoms with Crippen LogP contribution in [0.2, 0.25) is 0 Å². The Kier molecular flexibility index (Phi) is 5.31. The predicted molar refractivity (Wildman–Crippen MR) is 71.1 cm³/mol. The minimum absolute atomic E-state index is 0.197. The summed E-state index contributed by atoms with van der Waals surface area (Å²) in [5.41, 5.74) is 1.08. The van der Waals surface area contributed by atoms with Crippen LogP contribution in [0.5, 0.6) is 0 Å². The standard InChI is InChI=1S/C12H17NO5S/c1-9(14)10-3-5-11(6-4-10)13-19(16,17)8-7-12(15)18-2/h3-6,9,13-14H,7-8H2,1-2H3. The maximum absolute atomic E-state index is 11.7. The molecule has 1 unspecified atom stereocenters. The van der Waals surface area contributed by atoms with E-state index in [1.807, 2.05) is 0 Å². The fourth-order valence-electron chi connectivity index (χ4n) is 1.38. The van der Waals surface area contributed by atoms with Crippen molar-refractivity contribution < 1.29 is 23.1 Å². The van der Waals surface area contributed by atoms with Crippen molar-refractivity contribution in [1.82, 2.24) is 0 Å². The van der Waals surface area contributed by atoms with Crippen molar-refractivity contribution in [1.29, 1.82) is 0 Å². The number of aliphatic hydroxyl groups is 1. The highest BCUT2D eigenvalue weighted by Crippen LogP contribution is 2.16. The zero-order valence-electron chi connectivity index (χ0n) is 10.8. The Morgan fingerprint density at radius 3 is 2.42 bits per heavy atom. The molecule has 0 aliphatic rings. The molecule has 0 spiro atoms. The molecule has 0 aliphatic heterocycles. The third kappa shape index (κ3) is 5.27. The van der Waals surface area contributed by atoms with Gasteiger partial charge in [0.2, 0.25) is 10.0 Å². The van der Waals surface area contributed by atoms with E-state index >= 15 is 0 Å². The van der Waals surface area contributed by atoms with Crippen molar-refractivity contribution in [2.45, 2.75) is 19.4 Å². The van der Waals surface area contributed by atoms with Gasteiger partial charge in [-0.05, 0) is 24.6 Å². The molecule has 0 aromatic heterocycles. The number of ether oxygens (including phenoxy) is 1. The molecule has 0 radical (unpaired) electrons. The Bertz CT molecular complexity index is 522. The monoisotopic (exact) mass is 287 g/mol. The van der Waals surface area contributed by atoms with Crippen LogP contribution in [0.4, 0.5) is 5.69 Å². The number of carbonyl (C=O) groups excluding carboxylic acids is 1. The zero-order chi connectivity index (χ0) is 14.5. The highest BCUT2D eigenvalue weighted by molar-refractivity contribution is 7.92. The van der Waals surface area contributed by atoms with Crippen LogP contribution in [0.15, 0.2) is 24.3 Å². The first-order valence-electron chi connectivity index (χ1n) is 5.69. The minimum atomic E-state index is -3.59. The van der Waals surface area contributed by atoms with E-state index in [9.17, 15) is 18.3 Å². The summed E-state index contributed by atoms with van der Waals surface area (Å²) in [7, 11) is -2.38. The minimum Gasteiger partial charge on any atom is -0.469 e. The first-order valence-corrected chi connectivity index (χ1v) is 7.34. The second-order valence-electron chi connectivity index (χ2n) is 4.05. The molecule has 2 N–H and O–H groups in total. The maximum Gasteiger partial charge on any atom is 0.306 e. The number of nitrogens with one attached hydrogen (secondary N) is 1. The van der Waals surface area contributed by atoms with E-state index in [-0.39, 0.29) is 12.2 Å². The van der Waals surface area contributed by atoms with Crippen LogP contribution in [-0.2, 0) is 19.6 Å². The van der Waals surface area contributed by atoms with Crippen LogP contribution in [0.1, 0.15) is 25.0 Å². The molecule has 0 saturated carbocycles. The summed E-state index contributed by atoms with van der Waals surface area (Å²) in [6.45, 7) is 1.62. The lowest BCUT2D eigenvalue weighted by Gasteiger charge is -2.09. The zero-order valence-corrected chi connectivity index (χ0v) is 11.6. The smallest absolute Gasteiger partial charge is 0.306 e. The van der Waals surface area contributed by atoms with E-state index < -0.39 is 22.1 Å². The predicted octanol–water partition coefficient (Wildman–Crippen LogP) is 1.04. The molecule has 7 heteroatoms. The van der Waals surface area contributed by atoms with Crippen LogP contribution in [-0.4, -0.2) is 32.4 Å². The topological polar surface area (TPSA) is 92.7 Å². The van der Waals surface area contributed by atoms with Crippen molar-refractivity contribution in [2.75, 3.05) is 17.6 Å². The van der Waals surface area contributed by atoms with E-state index in [1.54, 1.807) is 31.2 Å². The number of hydrogen-bond acceptors (Lipinski definition) is 5. The summed E-state index contributed by atoms with van der Waals surface area (Å²) in [5.74, 6) is -0.910. The number of aliphatic hydroxyl groups excluding tert-OH is 1. The molecular weight excluding hydrogens is 270 g/mol. The fourth-order valence-corrected chi connectivity index (χ4v) is 2.41. The molecule has 106 valence electrons. The lowest BCUT2D eigenvalue weighted by atomic mass is 10.1. The Morgan fingerprint density at radius 2 is 1.95 bits per heavy atom. The summed E-state index contributed by atoms with van der Waals surface area (Å²) in [5, 5.41) is 9.33.